The Kier molecular flexibility index (Phi) is 5.43. The van der Waals surface area contributed by atoms with Crippen molar-refractivity contribution in [2.45, 2.75) is 20.3 Å². The summed E-state index contributed by atoms with van der Waals surface area (Å²) in [6.07, 6.45) is 1.79. The SMILES string of the molecule is CC=C(CC)S(=O)(=O)CCOS(=O)(=O)O. The van der Waals surface area contributed by atoms with E-state index in [9.17, 15) is 16.8 Å². The third kappa shape index (κ3) is 5.88. The zero-order chi connectivity index (χ0) is 12.1. The van der Waals surface area contributed by atoms with Crippen LogP contribution in [0.15, 0.2) is 11.0 Å². The van der Waals surface area contributed by atoms with E-state index < -0.39 is 32.6 Å². The minimum Gasteiger partial charge on any atom is -0.264 e. The summed E-state index contributed by atoms with van der Waals surface area (Å²) in [5.74, 6) is -0.472. The van der Waals surface area contributed by atoms with E-state index in [2.05, 4.69) is 4.18 Å². The summed E-state index contributed by atoms with van der Waals surface area (Å²) in [6.45, 7) is 2.68. The lowest BCUT2D eigenvalue weighted by molar-refractivity contribution is 0.284. The molecule has 0 spiro atoms. The molecule has 1 N–H and O–H groups in total. The fourth-order valence-electron chi connectivity index (χ4n) is 0.984. The number of hydrogen-bond donors (Lipinski definition) is 1. The van der Waals surface area contributed by atoms with Gasteiger partial charge in [-0.1, -0.05) is 13.0 Å². The van der Waals surface area contributed by atoms with Crippen molar-refractivity contribution in [2.24, 2.45) is 0 Å². The fraction of sp³-hybridized carbons (Fsp3) is 0.714. The molecule has 0 fully saturated rings. The Morgan fingerprint density at radius 2 is 1.87 bits per heavy atom. The molecule has 0 amide bonds. The molecule has 0 rings (SSSR count). The van der Waals surface area contributed by atoms with Gasteiger partial charge in [-0.15, -0.1) is 0 Å². The highest BCUT2D eigenvalue weighted by Crippen LogP contribution is 2.11. The molecule has 0 bridgehead atoms. The highest BCUT2D eigenvalue weighted by molar-refractivity contribution is 7.95. The summed E-state index contributed by atoms with van der Waals surface area (Å²) in [4.78, 5) is 0.224. The summed E-state index contributed by atoms with van der Waals surface area (Å²) in [6, 6.07) is 0. The molecule has 0 radical (unpaired) electrons. The first kappa shape index (κ1) is 14.6. The van der Waals surface area contributed by atoms with Crippen LogP contribution in [-0.4, -0.2) is 33.7 Å². The third-order valence-electron chi connectivity index (χ3n) is 1.65. The third-order valence-corrected chi connectivity index (χ3v) is 4.15. The quantitative estimate of drug-likeness (QED) is 0.698. The van der Waals surface area contributed by atoms with E-state index in [1.165, 1.54) is 6.08 Å². The Hall–Kier alpha value is -0.440. The summed E-state index contributed by atoms with van der Waals surface area (Å²) >= 11 is 0. The van der Waals surface area contributed by atoms with Gasteiger partial charge < -0.3 is 0 Å². The Bertz CT molecular complexity index is 416. The first-order valence-electron chi connectivity index (χ1n) is 4.22. The van der Waals surface area contributed by atoms with Crippen molar-refractivity contribution in [2.75, 3.05) is 12.4 Å². The molecule has 6 nitrogen and oxygen atoms in total. The van der Waals surface area contributed by atoms with Crippen LogP contribution in [-0.2, 0) is 24.4 Å². The monoisotopic (exact) mass is 258 g/mol. The zero-order valence-electron chi connectivity index (χ0n) is 8.50. The Morgan fingerprint density at radius 3 is 2.20 bits per heavy atom. The molecule has 0 aliphatic rings. The highest BCUT2D eigenvalue weighted by Gasteiger charge is 2.16. The number of allylic oxidation sites excluding steroid dienone is 2. The maximum atomic E-state index is 11.5. The first-order chi connectivity index (χ1) is 6.73. The van der Waals surface area contributed by atoms with E-state index in [1.54, 1.807) is 13.8 Å². The summed E-state index contributed by atoms with van der Waals surface area (Å²) in [5, 5.41) is 0. The van der Waals surface area contributed by atoms with Crippen molar-refractivity contribution in [1.82, 2.24) is 0 Å². The summed E-state index contributed by atoms with van der Waals surface area (Å²) in [7, 11) is -8.05. The molecule has 0 saturated heterocycles. The lowest BCUT2D eigenvalue weighted by Crippen LogP contribution is -2.16. The van der Waals surface area contributed by atoms with Gasteiger partial charge in [0.2, 0.25) is 0 Å². The molecule has 0 unspecified atom stereocenters. The van der Waals surface area contributed by atoms with Crippen molar-refractivity contribution in [1.29, 1.82) is 0 Å². The van der Waals surface area contributed by atoms with Crippen molar-refractivity contribution < 1.29 is 25.6 Å². The van der Waals surface area contributed by atoms with Crippen LogP contribution in [0.25, 0.3) is 0 Å². The molecule has 0 aromatic heterocycles. The Labute approximate surface area is 89.8 Å². The molecule has 0 aliphatic heterocycles. The second-order valence-electron chi connectivity index (χ2n) is 2.68. The first-order valence-corrected chi connectivity index (χ1v) is 7.24. The van der Waals surface area contributed by atoms with Gasteiger partial charge in [-0.2, -0.15) is 8.42 Å². The van der Waals surface area contributed by atoms with Crippen LogP contribution >= 0.6 is 0 Å². The Morgan fingerprint density at radius 1 is 1.33 bits per heavy atom. The molecule has 8 heteroatoms. The average molecular weight is 258 g/mol. The maximum absolute atomic E-state index is 11.5. The largest absolute Gasteiger partial charge is 0.397 e. The standard InChI is InChI=1S/C7H14O6S2/c1-3-7(4-2)14(8,9)6-5-13-15(10,11)12/h3H,4-6H2,1-2H3,(H,10,11,12). The summed E-state index contributed by atoms with van der Waals surface area (Å²) < 4.78 is 55.3. The van der Waals surface area contributed by atoms with Gasteiger partial charge in [0.25, 0.3) is 0 Å². The van der Waals surface area contributed by atoms with E-state index in [0.29, 0.717) is 6.42 Å². The topological polar surface area (TPSA) is 97.7 Å². The van der Waals surface area contributed by atoms with Gasteiger partial charge in [-0.25, -0.2) is 12.6 Å². The van der Waals surface area contributed by atoms with Crippen molar-refractivity contribution >= 4 is 20.2 Å². The van der Waals surface area contributed by atoms with E-state index in [-0.39, 0.29) is 4.91 Å². The second-order valence-corrected chi connectivity index (χ2v) is 5.93. The van der Waals surface area contributed by atoms with E-state index >= 15 is 0 Å². The lowest BCUT2D eigenvalue weighted by atomic mass is 10.4. The molecule has 15 heavy (non-hydrogen) atoms. The van der Waals surface area contributed by atoms with Gasteiger partial charge in [-0.05, 0) is 13.3 Å². The smallest absolute Gasteiger partial charge is 0.264 e. The zero-order valence-corrected chi connectivity index (χ0v) is 10.1. The molecule has 0 heterocycles. The fourth-order valence-corrected chi connectivity index (χ4v) is 2.75. The molecule has 0 atom stereocenters. The van der Waals surface area contributed by atoms with Gasteiger partial charge in [0.15, 0.2) is 9.84 Å². The molecular formula is C7H14O6S2. The van der Waals surface area contributed by atoms with Crippen LogP contribution in [0.3, 0.4) is 0 Å². The van der Waals surface area contributed by atoms with E-state index in [4.69, 9.17) is 4.55 Å². The van der Waals surface area contributed by atoms with Crippen LogP contribution < -0.4 is 0 Å². The van der Waals surface area contributed by atoms with Crippen LogP contribution in [0.1, 0.15) is 20.3 Å². The predicted octanol–water partition coefficient (Wildman–Crippen LogP) is 0.534. The number of rotatable bonds is 6. The predicted molar refractivity (Wildman–Crippen MR) is 55.3 cm³/mol. The van der Waals surface area contributed by atoms with Crippen LogP contribution in [0, 0.1) is 0 Å². The van der Waals surface area contributed by atoms with Crippen molar-refractivity contribution in [3.63, 3.8) is 0 Å². The van der Waals surface area contributed by atoms with Gasteiger partial charge in [0.1, 0.15) is 0 Å². The van der Waals surface area contributed by atoms with Crippen LogP contribution in [0.2, 0.25) is 0 Å². The van der Waals surface area contributed by atoms with Gasteiger partial charge in [-0.3, -0.25) is 4.55 Å². The molecule has 0 aliphatic carbocycles. The maximum Gasteiger partial charge on any atom is 0.397 e. The minimum atomic E-state index is -4.57. The Balaban J connectivity index is 4.43. The molecule has 90 valence electrons. The van der Waals surface area contributed by atoms with Crippen molar-refractivity contribution in [3.8, 4) is 0 Å². The molecular weight excluding hydrogens is 244 g/mol. The van der Waals surface area contributed by atoms with Crippen LogP contribution in [0.4, 0.5) is 0 Å². The second kappa shape index (κ2) is 5.59. The van der Waals surface area contributed by atoms with Gasteiger partial charge in [0.05, 0.1) is 12.4 Å². The highest BCUT2D eigenvalue weighted by atomic mass is 32.3. The van der Waals surface area contributed by atoms with Gasteiger partial charge in [0, 0.05) is 4.91 Å². The van der Waals surface area contributed by atoms with E-state index in [1.807, 2.05) is 0 Å². The normalized spacial score (nSPS) is 14.2. The number of sulfone groups is 1. The molecule has 0 aromatic carbocycles. The van der Waals surface area contributed by atoms with Gasteiger partial charge >= 0.3 is 10.4 Å². The lowest BCUT2D eigenvalue weighted by Gasteiger charge is -2.05. The molecule has 0 aromatic rings. The van der Waals surface area contributed by atoms with Crippen molar-refractivity contribution in [3.05, 3.63) is 11.0 Å². The summed E-state index contributed by atoms with van der Waals surface area (Å²) in [5.41, 5.74) is 0. The minimum absolute atomic E-state index is 0.224. The number of hydrogen-bond acceptors (Lipinski definition) is 5. The average Bonchev–Trinajstić information content (AvgIpc) is 2.02. The van der Waals surface area contributed by atoms with Crippen LogP contribution in [0.5, 0.6) is 0 Å². The molecule has 0 saturated carbocycles. The van der Waals surface area contributed by atoms with E-state index in [0.717, 1.165) is 0 Å².